The highest BCUT2D eigenvalue weighted by atomic mass is 32.2. The van der Waals surface area contributed by atoms with E-state index in [4.69, 9.17) is 0 Å². The van der Waals surface area contributed by atoms with E-state index in [1.54, 1.807) is 29.6 Å². The van der Waals surface area contributed by atoms with Crippen LogP contribution in [0.15, 0.2) is 59.1 Å². The molecule has 0 saturated carbocycles. The van der Waals surface area contributed by atoms with Crippen molar-refractivity contribution in [3.63, 3.8) is 0 Å². The number of fused-ring (bicyclic) bond motifs is 1. The van der Waals surface area contributed by atoms with Crippen molar-refractivity contribution in [1.29, 1.82) is 0 Å². The van der Waals surface area contributed by atoms with Crippen molar-refractivity contribution in [2.75, 3.05) is 11.1 Å². The largest absolute Gasteiger partial charge is 0.344 e. The Hall–Kier alpha value is -2.71. The standard InChI is InChI=1S/C20H16FN3O2S2/c21-14-3-1-2-13-15(6-10-27-17(13)14)23-20(26)18-16(7-11-28-18)24-19(25)12-4-8-22-9-5-12/h1-5,7-9,11,15H,6,10H2,(H,23,26)(H,24,25)/t15-/m0/s1. The molecule has 8 heteroatoms. The van der Waals surface area contributed by atoms with Gasteiger partial charge in [-0.05, 0) is 41.6 Å². The fourth-order valence-electron chi connectivity index (χ4n) is 3.04. The molecular weight excluding hydrogens is 397 g/mol. The van der Waals surface area contributed by atoms with Gasteiger partial charge in [0.15, 0.2) is 0 Å². The zero-order chi connectivity index (χ0) is 19.5. The summed E-state index contributed by atoms with van der Waals surface area (Å²) in [6, 6.07) is 9.58. The van der Waals surface area contributed by atoms with Crippen molar-refractivity contribution in [3.05, 3.63) is 76.0 Å². The van der Waals surface area contributed by atoms with E-state index in [1.165, 1.54) is 41.6 Å². The second-order valence-electron chi connectivity index (χ2n) is 6.17. The molecule has 4 rings (SSSR count). The van der Waals surface area contributed by atoms with Crippen molar-refractivity contribution >= 4 is 40.6 Å². The highest BCUT2D eigenvalue weighted by Crippen LogP contribution is 2.38. The third-order valence-electron chi connectivity index (χ3n) is 4.39. The fourth-order valence-corrected chi connectivity index (χ4v) is 4.93. The van der Waals surface area contributed by atoms with E-state index in [0.29, 0.717) is 21.0 Å². The highest BCUT2D eigenvalue weighted by molar-refractivity contribution is 7.99. The lowest BCUT2D eigenvalue weighted by Crippen LogP contribution is -2.31. The summed E-state index contributed by atoms with van der Waals surface area (Å²) in [6.45, 7) is 0. The zero-order valence-electron chi connectivity index (χ0n) is 14.6. The summed E-state index contributed by atoms with van der Waals surface area (Å²) in [7, 11) is 0. The predicted octanol–water partition coefficient (Wildman–Crippen LogP) is 4.50. The minimum absolute atomic E-state index is 0.259. The number of rotatable bonds is 4. The number of aromatic nitrogens is 1. The van der Waals surface area contributed by atoms with Gasteiger partial charge in [-0.25, -0.2) is 4.39 Å². The second-order valence-corrected chi connectivity index (χ2v) is 8.20. The molecular formula is C20H16FN3O2S2. The summed E-state index contributed by atoms with van der Waals surface area (Å²) in [5, 5.41) is 7.51. The molecule has 0 unspecified atom stereocenters. The van der Waals surface area contributed by atoms with Gasteiger partial charge in [0.05, 0.1) is 11.7 Å². The molecule has 0 spiro atoms. The number of carbonyl (C=O) groups excluding carboxylic acids is 2. The molecule has 0 aliphatic carbocycles. The predicted molar refractivity (Wildman–Crippen MR) is 108 cm³/mol. The number of halogens is 1. The van der Waals surface area contributed by atoms with E-state index in [0.717, 1.165) is 17.7 Å². The number of pyridine rings is 1. The van der Waals surface area contributed by atoms with Crippen LogP contribution in [0.1, 0.15) is 38.1 Å². The zero-order valence-corrected chi connectivity index (χ0v) is 16.3. The number of anilines is 1. The first kappa shape index (κ1) is 18.6. The van der Waals surface area contributed by atoms with Crippen LogP contribution < -0.4 is 10.6 Å². The van der Waals surface area contributed by atoms with Crippen LogP contribution in [0.5, 0.6) is 0 Å². The number of carbonyl (C=O) groups is 2. The Morgan fingerprint density at radius 3 is 2.75 bits per heavy atom. The van der Waals surface area contributed by atoms with Crippen molar-refractivity contribution in [2.24, 2.45) is 0 Å². The first-order valence-electron chi connectivity index (χ1n) is 8.64. The topological polar surface area (TPSA) is 71.1 Å². The molecule has 0 saturated heterocycles. The molecule has 3 heterocycles. The lowest BCUT2D eigenvalue weighted by atomic mass is 10.0. The summed E-state index contributed by atoms with van der Waals surface area (Å²) >= 11 is 2.72. The minimum Gasteiger partial charge on any atom is -0.344 e. The monoisotopic (exact) mass is 413 g/mol. The van der Waals surface area contributed by atoms with Gasteiger partial charge < -0.3 is 10.6 Å². The van der Waals surface area contributed by atoms with E-state index in [2.05, 4.69) is 15.6 Å². The molecule has 0 radical (unpaired) electrons. The second kappa shape index (κ2) is 8.12. The van der Waals surface area contributed by atoms with Crippen molar-refractivity contribution in [2.45, 2.75) is 17.4 Å². The van der Waals surface area contributed by atoms with Gasteiger partial charge >= 0.3 is 0 Å². The number of hydrogen-bond acceptors (Lipinski definition) is 5. The van der Waals surface area contributed by atoms with Crippen LogP contribution in [0.25, 0.3) is 0 Å². The number of thioether (sulfide) groups is 1. The molecule has 1 aromatic carbocycles. The van der Waals surface area contributed by atoms with Gasteiger partial charge in [-0.2, -0.15) is 0 Å². The molecule has 28 heavy (non-hydrogen) atoms. The SMILES string of the molecule is O=C(Nc1ccsc1C(=O)N[C@H]1CCSc2c(F)cccc21)c1ccncc1. The van der Waals surface area contributed by atoms with Crippen molar-refractivity contribution in [1.82, 2.24) is 10.3 Å². The summed E-state index contributed by atoms with van der Waals surface area (Å²) in [5.74, 6) is -0.124. The van der Waals surface area contributed by atoms with Crippen molar-refractivity contribution < 1.29 is 14.0 Å². The van der Waals surface area contributed by atoms with Crippen LogP contribution in [0.2, 0.25) is 0 Å². The average molecular weight is 413 g/mol. The van der Waals surface area contributed by atoms with Gasteiger partial charge in [-0.3, -0.25) is 14.6 Å². The van der Waals surface area contributed by atoms with E-state index in [1.807, 2.05) is 6.07 Å². The molecule has 1 aliphatic heterocycles. The van der Waals surface area contributed by atoms with Gasteiger partial charge in [-0.15, -0.1) is 23.1 Å². The quantitative estimate of drug-likeness (QED) is 0.661. The Labute approximate surface area is 169 Å². The van der Waals surface area contributed by atoms with E-state index >= 15 is 0 Å². The van der Waals surface area contributed by atoms with Crippen LogP contribution in [-0.2, 0) is 0 Å². The summed E-state index contributed by atoms with van der Waals surface area (Å²) in [6.07, 6.45) is 3.79. The number of amides is 2. The lowest BCUT2D eigenvalue weighted by molar-refractivity contribution is 0.0939. The Bertz CT molecular complexity index is 1020. The van der Waals surface area contributed by atoms with Crippen LogP contribution in [-0.4, -0.2) is 22.6 Å². The van der Waals surface area contributed by atoms with Crippen LogP contribution >= 0.6 is 23.1 Å². The Morgan fingerprint density at radius 2 is 1.93 bits per heavy atom. The van der Waals surface area contributed by atoms with Gasteiger partial charge in [0.2, 0.25) is 0 Å². The molecule has 2 amide bonds. The van der Waals surface area contributed by atoms with Gasteiger partial charge in [-0.1, -0.05) is 12.1 Å². The fraction of sp³-hybridized carbons (Fsp3) is 0.150. The Balaban J connectivity index is 1.51. The van der Waals surface area contributed by atoms with Crippen LogP contribution in [0.3, 0.4) is 0 Å². The molecule has 5 nitrogen and oxygen atoms in total. The number of benzene rings is 1. The molecule has 1 aliphatic rings. The number of nitrogens with zero attached hydrogens (tertiary/aromatic N) is 1. The number of thiophene rings is 1. The van der Waals surface area contributed by atoms with Crippen LogP contribution in [0, 0.1) is 5.82 Å². The summed E-state index contributed by atoms with van der Waals surface area (Å²) in [5.41, 5.74) is 1.71. The Kier molecular flexibility index (Phi) is 5.40. The van der Waals surface area contributed by atoms with Gasteiger partial charge in [0.1, 0.15) is 10.7 Å². The normalized spacial score (nSPS) is 15.5. The maximum atomic E-state index is 14.0. The third kappa shape index (κ3) is 3.79. The molecule has 2 aromatic heterocycles. The minimum atomic E-state index is -0.309. The maximum Gasteiger partial charge on any atom is 0.263 e. The van der Waals surface area contributed by atoms with E-state index in [-0.39, 0.29) is 23.7 Å². The number of hydrogen-bond donors (Lipinski definition) is 2. The van der Waals surface area contributed by atoms with E-state index in [9.17, 15) is 14.0 Å². The molecule has 1 atom stereocenters. The van der Waals surface area contributed by atoms with E-state index < -0.39 is 0 Å². The highest BCUT2D eigenvalue weighted by Gasteiger charge is 2.26. The third-order valence-corrected chi connectivity index (χ3v) is 6.47. The lowest BCUT2D eigenvalue weighted by Gasteiger charge is -2.26. The van der Waals surface area contributed by atoms with Gasteiger partial charge in [0.25, 0.3) is 11.8 Å². The summed E-state index contributed by atoms with van der Waals surface area (Å²) in [4.78, 5) is 30.1. The molecule has 2 N–H and O–H groups in total. The van der Waals surface area contributed by atoms with Crippen LogP contribution in [0.4, 0.5) is 10.1 Å². The smallest absolute Gasteiger partial charge is 0.263 e. The average Bonchev–Trinajstić information content (AvgIpc) is 3.18. The summed E-state index contributed by atoms with van der Waals surface area (Å²) < 4.78 is 14.0. The first-order valence-corrected chi connectivity index (χ1v) is 10.5. The molecule has 142 valence electrons. The Morgan fingerprint density at radius 1 is 1.11 bits per heavy atom. The maximum absolute atomic E-state index is 14.0. The number of nitrogens with one attached hydrogen (secondary N) is 2. The molecule has 0 bridgehead atoms. The van der Waals surface area contributed by atoms with Gasteiger partial charge in [0, 0.05) is 28.6 Å². The van der Waals surface area contributed by atoms with Crippen molar-refractivity contribution in [3.8, 4) is 0 Å². The molecule has 0 fully saturated rings. The molecule has 3 aromatic rings. The first-order chi connectivity index (χ1) is 13.6.